The third kappa shape index (κ3) is 5.59. The molecule has 0 unspecified atom stereocenters. The van der Waals surface area contributed by atoms with Crippen LogP contribution in [0.1, 0.15) is 43.7 Å². The van der Waals surface area contributed by atoms with Crippen LogP contribution in [0.15, 0.2) is 18.2 Å². The molecule has 22 heavy (non-hydrogen) atoms. The van der Waals surface area contributed by atoms with Gasteiger partial charge in [-0.3, -0.25) is 9.69 Å². The van der Waals surface area contributed by atoms with Crippen molar-refractivity contribution >= 4 is 24.0 Å². The Kier molecular flexibility index (Phi) is 9.33. The van der Waals surface area contributed by atoms with Crippen molar-refractivity contribution in [3.05, 3.63) is 29.3 Å². The highest BCUT2D eigenvalue weighted by Crippen LogP contribution is 2.20. The molecule has 0 aliphatic carbocycles. The second-order valence-corrected chi connectivity index (χ2v) is 5.91. The SMILES string of the molecule is CCCN1CCCC[C@H]1C(=O)Nc1cc(C)cc(C)c1.Cl.O. The van der Waals surface area contributed by atoms with E-state index < -0.39 is 0 Å². The van der Waals surface area contributed by atoms with Gasteiger partial charge in [-0.25, -0.2) is 0 Å². The molecule has 0 radical (unpaired) electrons. The number of benzene rings is 1. The molecular weight excluding hydrogens is 300 g/mol. The molecule has 1 aromatic rings. The molecule has 0 bridgehead atoms. The first-order valence-electron chi connectivity index (χ1n) is 7.73. The Morgan fingerprint density at radius 1 is 1.23 bits per heavy atom. The minimum Gasteiger partial charge on any atom is -0.412 e. The molecule has 0 aromatic heterocycles. The number of rotatable bonds is 4. The highest BCUT2D eigenvalue weighted by molar-refractivity contribution is 5.95. The van der Waals surface area contributed by atoms with Gasteiger partial charge in [-0.15, -0.1) is 12.4 Å². The van der Waals surface area contributed by atoms with Crippen LogP contribution >= 0.6 is 12.4 Å². The zero-order valence-electron chi connectivity index (χ0n) is 13.8. The van der Waals surface area contributed by atoms with Gasteiger partial charge in [0.15, 0.2) is 0 Å². The fourth-order valence-electron chi connectivity index (χ4n) is 3.12. The molecule has 1 atom stereocenters. The fourth-order valence-corrected chi connectivity index (χ4v) is 3.12. The van der Waals surface area contributed by atoms with Crippen molar-refractivity contribution in [2.75, 3.05) is 18.4 Å². The Morgan fingerprint density at radius 3 is 2.45 bits per heavy atom. The standard InChI is InChI=1S/C17H26N2O.ClH.H2O/c1-4-8-19-9-6-5-7-16(19)17(20)18-15-11-13(2)10-14(3)12-15;;/h10-12,16H,4-9H2,1-3H3,(H,18,20);1H;1H2/t16-;;/m0../s1. The number of aryl methyl sites for hydroxylation is 2. The number of anilines is 1. The summed E-state index contributed by atoms with van der Waals surface area (Å²) in [5.74, 6) is 0.156. The van der Waals surface area contributed by atoms with Crippen molar-refractivity contribution in [1.29, 1.82) is 0 Å². The number of piperidine rings is 1. The smallest absolute Gasteiger partial charge is 0.241 e. The van der Waals surface area contributed by atoms with Crippen LogP contribution in [-0.4, -0.2) is 35.4 Å². The Hall–Kier alpha value is -1.10. The van der Waals surface area contributed by atoms with Gasteiger partial charge < -0.3 is 10.8 Å². The molecule has 1 aromatic carbocycles. The first-order valence-corrected chi connectivity index (χ1v) is 7.73. The van der Waals surface area contributed by atoms with Crippen LogP contribution in [0, 0.1) is 13.8 Å². The predicted molar refractivity (Wildman–Crippen MR) is 94.9 cm³/mol. The summed E-state index contributed by atoms with van der Waals surface area (Å²) >= 11 is 0. The molecule has 1 aliphatic heterocycles. The Morgan fingerprint density at radius 2 is 1.86 bits per heavy atom. The van der Waals surface area contributed by atoms with Gasteiger partial charge in [0.1, 0.15) is 0 Å². The first-order chi connectivity index (χ1) is 9.60. The Labute approximate surface area is 140 Å². The summed E-state index contributed by atoms with van der Waals surface area (Å²) < 4.78 is 0. The lowest BCUT2D eigenvalue weighted by Gasteiger charge is -2.34. The second-order valence-electron chi connectivity index (χ2n) is 5.91. The number of amides is 1. The molecule has 1 saturated heterocycles. The minimum atomic E-state index is 0. The monoisotopic (exact) mass is 328 g/mol. The molecule has 1 amide bonds. The lowest BCUT2D eigenvalue weighted by molar-refractivity contribution is -0.122. The van der Waals surface area contributed by atoms with E-state index in [0.717, 1.165) is 38.0 Å². The lowest BCUT2D eigenvalue weighted by atomic mass is 10.0. The molecule has 1 aliphatic rings. The average Bonchev–Trinajstić information content (AvgIpc) is 2.38. The van der Waals surface area contributed by atoms with E-state index in [0.29, 0.717) is 0 Å². The van der Waals surface area contributed by atoms with Crippen LogP contribution in [0.4, 0.5) is 5.69 Å². The van der Waals surface area contributed by atoms with Crippen molar-refractivity contribution in [3.8, 4) is 0 Å². The molecule has 5 heteroatoms. The summed E-state index contributed by atoms with van der Waals surface area (Å²) in [6.45, 7) is 8.37. The van der Waals surface area contributed by atoms with Crippen LogP contribution < -0.4 is 5.32 Å². The molecule has 4 nitrogen and oxygen atoms in total. The number of nitrogens with one attached hydrogen (secondary N) is 1. The van der Waals surface area contributed by atoms with Gasteiger partial charge in [0.25, 0.3) is 0 Å². The van der Waals surface area contributed by atoms with Gasteiger partial charge in [0.05, 0.1) is 6.04 Å². The lowest BCUT2D eigenvalue weighted by Crippen LogP contribution is -2.47. The summed E-state index contributed by atoms with van der Waals surface area (Å²) in [6, 6.07) is 6.25. The van der Waals surface area contributed by atoms with Gasteiger partial charge in [-0.1, -0.05) is 19.4 Å². The molecule has 0 saturated carbocycles. The number of nitrogens with zero attached hydrogens (tertiary/aromatic N) is 1. The van der Waals surface area contributed by atoms with Crippen LogP contribution in [0.5, 0.6) is 0 Å². The van der Waals surface area contributed by atoms with E-state index in [-0.39, 0.29) is 29.8 Å². The summed E-state index contributed by atoms with van der Waals surface area (Å²) in [5, 5.41) is 3.10. The Balaban J connectivity index is 0.00000220. The molecule has 1 fully saturated rings. The topological polar surface area (TPSA) is 63.8 Å². The van der Waals surface area contributed by atoms with E-state index in [4.69, 9.17) is 0 Å². The molecule has 0 spiro atoms. The number of hydrogen-bond acceptors (Lipinski definition) is 2. The fraction of sp³-hybridized carbons (Fsp3) is 0.588. The first kappa shape index (κ1) is 20.9. The minimum absolute atomic E-state index is 0. The van der Waals surface area contributed by atoms with E-state index >= 15 is 0 Å². The maximum atomic E-state index is 12.5. The van der Waals surface area contributed by atoms with E-state index in [1.165, 1.54) is 17.5 Å². The van der Waals surface area contributed by atoms with Crippen LogP contribution in [0.3, 0.4) is 0 Å². The van der Waals surface area contributed by atoms with Gasteiger partial charge in [-0.2, -0.15) is 0 Å². The molecule has 2 rings (SSSR count). The van der Waals surface area contributed by atoms with Crippen molar-refractivity contribution in [1.82, 2.24) is 4.90 Å². The number of halogens is 1. The van der Waals surface area contributed by atoms with Crippen molar-refractivity contribution in [2.24, 2.45) is 0 Å². The van der Waals surface area contributed by atoms with Crippen molar-refractivity contribution in [2.45, 2.75) is 52.5 Å². The van der Waals surface area contributed by atoms with Gasteiger partial charge in [0, 0.05) is 5.69 Å². The van der Waals surface area contributed by atoms with E-state index in [9.17, 15) is 4.79 Å². The molecule has 126 valence electrons. The zero-order chi connectivity index (χ0) is 14.5. The van der Waals surface area contributed by atoms with Gasteiger partial charge in [0.2, 0.25) is 5.91 Å². The third-order valence-electron chi connectivity index (χ3n) is 3.92. The third-order valence-corrected chi connectivity index (χ3v) is 3.92. The van der Waals surface area contributed by atoms with Crippen LogP contribution in [0.25, 0.3) is 0 Å². The largest absolute Gasteiger partial charge is 0.412 e. The second kappa shape index (κ2) is 9.82. The molecular formula is C17H29ClN2O2. The number of carbonyl (C=O) groups excluding carboxylic acids is 1. The van der Waals surface area contributed by atoms with Gasteiger partial charge in [-0.05, 0) is 69.5 Å². The average molecular weight is 329 g/mol. The zero-order valence-corrected chi connectivity index (χ0v) is 14.6. The van der Waals surface area contributed by atoms with E-state index in [1.807, 2.05) is 12.1 Å². The van der Waals surface area contributed by atoms with Crippen LogP contribution in [0.2, 0.25) is 0 Å². The summed E-state index contributed by atoms with van der Waals surface area (Å²) in [4.78, 5) is 14.9. The van der Waals surface area contributed by atoms with Crippen molar-refractivity contribution < 1.29 is 10.3 Å². The normalized spacial score (nSPS) is 18.0. The summed E-state index contributed by atoms with van der Waals surface area (Å²) in [7, 11) is 0. The highest BCUT2D eigenvalue weighted by Gasteiger charge is 2.27. The number of carbonyl (C=O) groups is 1. The van der Waals surface area contributed by atoms with Crippen molar-refractivity contribution in [3.63, 3.8) is 0 Å². The molecule has 1 heterocycles. The van der Waals surface area contributed by atoms with E-state index in [1.54, 1.807) is 0 Å². The maximum Gasteiger partial charge on any atom is 0.241 e. The quantitative estimate of drug-likeness (QED) is 0.923. The number of likely N-dealkylation sites (tertiary alicyclic amines) is 1. The number of hydrogen-bond donors (Lipinski definition) is 1. The summed E-state index contributed by atoms with van der Waals surface area (Å²) in [5.41, 5.74) is 3.30. The molecule has 3 N–H and O–H groups in total. The highest BCUT2D eigenvalue weighted by atomic mass is 35.5. The Bertz CT molecular complexity index is 457. The summed E-state index contributed by atoms with van der Waals surface area (Å²) in [6.07, 6.45) is 4.46. The van der Waals surface area contributed by atoms with Gasteiger partial charge >= 0.3 is 0 Å². The predicted octanol–water partition coefficient (Wildman–Crippen LogP) is 3.10. The van der Waals surface area contributed by atoms with E-state index in [2.05, 4.69) is 37.1 Å². The van der Waals surface area contributed by atoms with Crippen LogP contribution in [-0.2, 0) is 4.79 Å². The maximum absolute atomic E-state index is 12.5.